The molecule has 1 aliphatic rings. The summed E-state index contributed by atoms with van der Waals surface area (Å²) in [5, 5.41) is 3.17. The van der Waals surface area contributed by atoms with Crippen molar-refractivity contribution in [2.45, 2.75) is 46.2 Å². The van der Waals surface area contributed by atoms with Gasteiger partial charge < -0.3 is 14.8 Å². The molecular formula is C30H31N3O. The molecule has 4 aromatic rings. The van der Waals surface area contributed by atoms with Crippen LogP contribution in [0, 0.1) is 13.8 Å². The SMILES string of the molecule is Cc1ccc(NC(=O)N2Cc3ccccc3-n3cccc3[C@@H]2c2ccc(C(C)C)cc2)cc1C. The Hall–Kier alpha value is -3.79. The number of carbonyl (C=O) groups is 1. The molecule has 3 aromatic carbocycles. The summed E-state index contributed by atoms with van der Waals surface area (Å²) >= 11 is 0. The quantitative estimate of drug-likeness (QED) is 0.349. The van der Waals surface area contributed by atoms with Gasteiger partial charge in [-0.15, -0.1) is 0 Å². The molecule has 0 aliphatic carbocycles. The first kappa shape index (κ1) is 22.0. The number of aromatic nitrogens is 1. The second-order valence-electron chi connectivity index (χ2n) is 9.51. The minimum Gasteiger partial charge on any atom is -0.318 e. The zero-order chi connectivity index (χ0) is 23.8. The maximum atomic E-state index is 13.8. The van der Waals surface area contributed by atoms with E-state index in [9.17, 15) is 4.79 Å². The molecule has 172 valence electrons. The summed E-state index contributed by atoms with van der Waals surface area (Å²) in [4.78, 5) is 15.8. The predicted molar refractivity (Wildman–Crippen MR) is 139 cm³/mol. The van der Waals surface area contributed by atoms with Crippen molar-refractivity contribution < 1.29 is 4.79 Å². The second-order valence-corrected chi connectivity index (χ2v) is 9.51. The third-order valence-corrected chi connectivity index (χ3v) is 6.90. The molecule has 4 heteroatoms. The first-order valence-corrected chi connectivity index (χ1v) is 11.9. The fourth-order valence-corrected chi connectivity index (χ4v) is 4.77. The number of para-hydroxylation sites is 1. The molecule has 5 rings (SSSR count). The van der Waals surface area contributed by atoms with Crippen LogP contribution in [-0.2, 0) is 6.54 Å². The van der Waals surface area contributed by atoms with Gasteiger partial charge in [-0.2, -0.15) is 0 Å². The van der Waals surface area contributed by atoms with Gasteiger partial charge in [-0.05, 0) is 77.9 Å². The first-order chi connectivity index (χ1) is 16.4. The number of rotatable bonds is 3. The molecule has 0 fully saturated rings. The highest BCUT2D eigenvalue weighted by Gasteiger charge is 2.33. The fourth-order valence-electron chi connectivity index (χ4n) is 4.77. The standard InChI is InChI=1S/C30H31N3O/c1-20(2)23-12-14-24(15-13-23)29-28-10-7-17-32(28)27-9-6-5-8-25(27)19-33(29)30(34)31-26-16-11-21(3)22(4)18-26/h5-18,20,29H,19H2,1-4H3,(H,31,34)/t29-/m0/s1. The highest BCUT2D eigenvalue weighted by atomic mass is 16.2. The molecule has 0 radical (unpaired) electrons. The zero-order valence-electron chi connectivity index (χ0n) is 20.2. The van der Waals surface area contributed by atoms with Crippen molar-refractivity contribution in [3.05, 3.63) is 119 Å². The minimum atomic E-state index is -0.213. The number of carbonyl (C=O) groups excluding carboxylic acids is 1. The molecule has 2 amide bonds. The van der Waals surface area contributed by atoms with Crippen molar-refractivity contribution >= 4 is 11.7 Å². The van der Waals surface area contributed by atoms with Crippen molar-refractivity contribution in [2.24, 2.45) is 0 Å². The molecule has 0 unspecified atom stereocenters. The van der Waals surface area contributed by atoms with E-state index in [1.165, 1.54) is 11.1 Å². The van der Waals surface area contributed by atoms with Crippen LogP contribution < -0.4 is 5.32 Å². The Bertz CT molecular complexity index is 1330. The Morgan fingerprint density at radius 2 is 1.68 bits per heavy atom. The lowest BCUT2D eigenvalue weighted by Gasteiger charge is -2.31. The molecule has 1 atom stereocenters. The normalized spacial score (nSPS) is 15.0. The molecule has 0 saturated carbocycles. The summed E-state index contributed by atoms with van der Waals surface area (Å²) in [5.41, 5.74) is 8.91. The Kier molecular flexibility index (Phi) is 5.74. The number of hydrogen-bond acceptors (Lipinski definition) is 1. The van der Waals surface area contributed by atoms with Crippen molar-refractivity contribution in [3.63, 3.8) is 0 Å². The van der Waals surface area contributed by atoms with Crippen LogP contribution in [0.25, 0.3) is 5.69 Å². The topological polar surface area (TPSA) is 37.3 Å². The number of fused-ring (bicyclic) bond motifs is 3. The summed E-state index contributed by atoms with van der Waals surface area (Å²) in [6.07, 6.45) is 2.09. The fraction of sp³-hybridized carbons (Fsp3) is 0.233. The zero-order valence-corrected chi connectivity index (χ0v) is 20.2. The van der Waals surface area contributed by atoms with E-state index in [2.05, 4.69) is 104 Å². The van der Waals surface area contributed by atoms with Crippen LogP contribution in [0.4, 0.5) is 10.5 Å². The van der Waals surface area contributed by atoms with Crippen LogP contribution in [0.1, 0.15) is 59.3 Å². The maximum absolute atomic E-state index is 13.8. The van der Waals surface area contributed by atoms with Gasteiger partial charge in [0.25, 0.3) is 0 Å². The number of aryl methyl sites for hydroxylation is 2. The molecular weight excluding hydrogens is 418 g/mol. The monoisotopic (exact) mass is 449 g/mol. The number of amides is 2. The van der Waals surface area contributed by atoms with Gasteiger partial charge in [-0.1, -0.05) is 62.4 Å². The van der Waals surface area contributed by atoms with Crippen molar-refractivity contribution in [2.75, 3.05) is 5.32 Å². The van der Waals surface area contributed by atoms with E-state index >= 15 is 0 Å². The summed E-state index contributed by atoms with van der Waals surface area (Å²) in [6.45, 7) is 9.07. The van der Waals surface area contributed by atoms with Gasteiger partial charge in [0.1, 0.15) is 0 Å². The van der Waals surface area contributed by atoms with Crippen LogP contribution >= 0.6 is 0 Å². The number of nitrogens with one attached hydrogen (secondary N) is 1. The van der Waals surface area contributed by atoms with Crippen molar-refractivity contribution in [1.82, 2.24) is 9.47 Å². The van der Waals surface area contributed by atoms with E-state index in [0.717, 1.165) is 33.8 Å². The maximum Gasteiger partial charge on any atom is 0.322 e. The van der Waals surface area contributed by atoms with Crippen LogP contribution in [0.5, 0.6) is 0 Å². The van der Waals surface area contributed by atoms with E-state index in [1.807, 2.05) is 23.1 Å². The van der Waals surface area contributed by atoms with Crippen LogP contribution in [-0.4, -0.2) is 15.5 Å². The van der Waals surface area contributed by atoms with E-state index in [0.29, 0.717) is 12.5 Å². The van der Waals surface area contributed by atoms with E-state index in [4.69, 9.17) is 0 Å². The Morgan fingerprint density at radius 3 is 2.41 bits per heavy atom. The lowest BCUT2D eigenvalue weighted by atomic mass is 9.97. The molecule has 1 aromatic heterocycles. The van der Waals surface area contributed by atoms with E-state index < -0.39 is 0 Å². The van der Waals surface area contributed by atoms with Gasteiger partial charge in [0.15, 0.2) is 0 Å². The highest BCUT2D eigenvalue weighted by Crippen LogP contribution is 2.37. The molecule has 1 aliphatic heterocycles. The number of urea groups is 1. The summed E-state index contributed by atoms with van der Waals surface area (Å²) in [6, 6.07) is 27.0. The Labute approximate surface area is 201 Å². The number of hydrogen-bond donors (Lipinski definition) is 1. The largest absolute Gasteiger partial charge is 0.322 e. The molecule has 0 spiro atoms. The third kappa shape index (κ3) is 4.01. The van der Waals surface area contributed by atoms with Crippen LogP contribution in [0.3, 0.4) is 0 Å². The molecule has 34 heavy (non-hydrogen) atoms. The molecule has 0 saturated heterocycles. The van der Waals surface area contributed by atoms with Gasteiger partial charge in [-0.25, -0.2) is 4.79 Å². The Morgan fingerprint density at radius 1 is 0.912 bits per heavy atom. The lowest BCUT2D eigenvalue weighted by Crippen LogP contribution is -2.38. The summed E-state index contributed by atoms with van der Waals surface area (Å²) < 4.78 is 2.22. The van der Waals surface area contributed by atoms with Gasteiger partial charge in [0, 0.05) is 17.6 Å². The molecule has 0 bridgehead atoms. The minimum absolute atomic E-state index is 0.106. The van der Waals surface area contributed by atoms with E-state index in [-0.39, 0.29) is 12.1 Å². The van der Waals surface area contributed by atoms with E-state index in [1.54, 1.807) is 0 Å². The molecule has 2 heterocycles. The number of nitrogens with zero attached hydrogens (tertiary/aromatic N) is 2. The lowest BCUT2D eigenvalue weighted by molar-refractivity contribution is 0.194. The van der Waals surface area contributed by atoms with Crippen LogP contribution in [0.15, 0.2) is 85.1 Å². The molecule has 4 nitrogen and oxygen atoms in total. The Balaban J connectivity index is 1.60. The smallest absolute Gasteiger partial charge is 0.318 e. The predicted octanol–water partition coefficient (Wildman–Crippen LogP) is 7.35. The highest BCUT2D eigenvalue weighted by molar-refractivity contribution is 5.90. The van der Waals surface area contributed by atoms with Gasteiger partial charge >= 0.3 is 6.03 Å². The number of benzene rings is 3. The third-order valence-electron chi connectivity index (χ3n) is 6.90. The average Bonchev–Trinajstić information content (AvgIpc) is 3.26. The second kappa shape index (κ2) is 8.86. The number of anilines is 1. The van der Waals surface area contributed by atoms with Gasteiger partial charge in [0.2, 0.25) is 0 Å². The summed E-state index contributed by atoms with van der Waals surface area (Å²) in [7, 11) is 0. The van der Waals surface area contributed by atoms with Crippen molar-refractivity contribution in [1.29, 1.82) is 0 Å². The summed E-state index contributed by atoms with van der Waals surface area (Å²) in [5.74, 6) is 0.459. The molecule has 1 N–H and O–H groups in total. The first-order valence-electron chi connectivity index (χ1n) is 11.9. The van der Waals surface area contributed by atoms with Crippen LogP contribution in [0.2, 0.25) is 0 Å². The average molecular weight is 450 g/mol. The van der Waals surface area contributed by atoms with Gasteiger partial charge in [0.05, 0.1) is 18.3 Å². The van der Waals surface area contributed by atoms with Crippen molar-refractivity contribution in [3.8, 4) is 5.69 Å². The van der Waals surface area contributed by atoms with Gasteiger partial charge in [-0.3, -0.25) is 0 Å².